The molecule has 1 aromatic heterocycles. The van der Waals surface area contributed by atoms with E-state index in [4.69, 9.17) is 16.3 Å². The van der Waals surface area contributed by atoms with Crippen LogP contribution in [0.3, 0.4) is 0 Å². The van der Waals surface area contributed by atoms with Crippen LogP contribution in [0.25, 0.3) is 10.9 Å². The van der Waals surface area contributed by atoms with Crippen molar-refractivity contribution in [1.29, 1.82) is 0 Å². The summed E-state index contributed by atoms with van der Waals surface area (Å²) in [4.78, 5) is 3.29. The Labute approximate surface area is 111 Å². The van der Waals surface area contributed by atoms with E-state index in [1.807, 2.05) is 12.1 Å². The third-order valence-corrected chi connectivity index (χ3v) is 4.01. The number of ether oxygens (including phenoxy) is 1. The molecule has 0 amide bonds. The van der Waals surface area contributed by atoms with Crippen molar-refractivity contribution in [3.05, 3.63) is 28.9 Å². The maximum Gasteiger partial charge on any atom is 0.138 e. The van der Waals surface area contributed by atoms with Gasteiger partial charge in [0, 0.05) is 17.1 Å². The van der Waals surface area contributed by atoms with E-state index in [0.29, 0.717) is 5.02 Å². The van der Waals surface area contributed by atoms with Gasteiger partial charge in [0.2, 0.25) is 0 Å². The van der Waals surface area contributed by atoms with Gasteiger partial charge in [-0.25, -0.2) is 0 Å². The second-order valence-corrected chi connectivity index (χ2v) is 5.32. The van der Waals surface area contributed by atoms with Gasteiger partial charge < -0.3 is 15.0 Å². The van der Waals surface area contributed by atoms with Gasteiger partial charge in [0.05, 0.1) is 12.1 Å². The first-order valence-corrected chi connectivity index (χ1v) is 6.70. The van der Waals surface area contributed by atoms with Crippen molar-refractivity contribution >= 4 is 22.5 Å². The van der Waals surface area contributed by atoms with E-state index < -0.39 is 0 Å². The number of fused-ring (bicyclic) bond motifs is 1. The summed E-state index contributed by atoms with van der Waals surface area (Å²) in [6, 6.07) is 3.97. The van der Waals surface area contributed by atoms with Crippen molar-refractivity contribution in [1.82, 2.24) is 10.3 Å². The van der Waals surface area contributed by atoms with Crippen molar-refractivity contribution in [3.8, 4) is 5.75 Å². The zero-order chi connectivity index (χ0) is 12.5. The Morgan fingerprint density at radius 2 is 2.33 bits per heavy atom. The van der Waals surface area contributed by atoms with Gasteiger partial charge in [0.1, 0.15) is 5.75 Å². The molecule has 1 fully saturated rings. The van der Waals surface area contributed by atoms with Crippen molar-refractivity contribution in [2.75, 3.05) is 20.2 Å². The highest BCUT2D eigenvalue weighted by Gasteiger charge is 2.17. The SMILES string of the molecule is COc1cc2c(CC3CCNC3)c[nH]c2cc1Cl. The third-order valence-electron chi connectivity index (χ3n) is 3.71. The van der Waals surface area contributed by atoms with Crippen molar-refractivity contribution in [2.24, 2.45) is 5.92 Å². The van der Waals surface area contributed by atoms with Crippen LogP contribution in [0.2, 0.25) is 5.02 Å². The van der Waals surface area contributed by atoms with Crippen molar-refractivity contribution < 1.29 is 4.74 Å². The summed E-state index contributed by atoms with van der Waals surface area (Å²) in [5.74, 6) is 1.49. The van der Waals surface area contributed by atoms with Crippen LogP contribution < -0.4 is 10.1 Å². The number of hydrogen-bond acceptors (Lipinski definition) is 2. The van der Waals surface area contributed by atoms with Crippen LogP contribution in [-0.2, 0) is 6.42 Å². The zero-order valence-electron chi connectivity index (χ0n) is 10.4. The molecule has 0 bridgehead atoms. The molecule has 4 heteroatoms. The van der Waals surface area contributed by atoms with Gasteiger partial charge in [-0.05, 0) is 49.5 Å². The van der Waals surface area contributed by atoms with E-state index in [-0.39, 0.29) is 0 Å². The second-order valence-electron chi connectivity index (χ2n) is 4.91. The molecule has 1 saturated heterocycles. The lowest BCUT2D eigenvalue weighted by molar-refractivity contribution is 0.415. The molecule has 1 atom stereocenters. The lowest BCUT2D eigenvalue weighted by atomic mass is 9.98. The predicted octanol–water partition coefficient (Wildman–Crippen LogP) is 2.98. The molecule has 2 N–H and O–H groups in total. The fourth-order valence-electron chi connectivity index (χ4n) is 2.71. The zero-order valence-corrected chi connectivity index (χ0v) is 11.2. The average molecular weight is 265 g/mol. The summed E-state index contributed by atoms with van der Waals surface area (Å²) in [7, 11) is 1.65. The molecule has 0 spiro atoms. The molecule has 3 nitrogen and oxygen atoms in total. The molecule has 96 valence electrons. The Kier molecular flexibility index (Phi) is 3.18. The predicted molar refractivity (Wildman–Crippen MR) is 74.5 cm³/mol. The topological polar surface area (TPSA) is 37.0 Å². The lowest BCUT2D eigenvalue weighted by Crippen LogP contribution is -2.10. The summed E-state index contributed by atoms with van der Waals surface area (Å²) < 4.78 is 5.29. The Morgan fingerprint density at radius 1 is 1.44 bits per heavy atom. The smallest absolute Gasteiger partial charge is 0.138 e. The van der Waals surface area contributed by atoms with Gasteiger partial charge in [-0.1, -0.05) is 11.6 Å². The Balaban J connectivity index is 1.96. The van der Waals surface area contributed by atoms with E-state index in [1.54, 1.807) is 7.11 Å². The average Bonchev–Trinajstić information content (AvgIpc) is 2.99. The number of nitrogens with one attached hydrogen (secondary N) is 2. The highest BCUT2D eigenvalue weighted by atomic mass is 35.5. The first kappa shape index (κ1) is 11.9. The minimum Gasteiger partial charge on any atom is -0.495 e. The van der Waals surface area contributed by atoms with Gasteiger partial charge in [-0.15, -0.1) is 0 Å². The molecule has 0 aliphatic carbocycles. The van der Waals surface area contributed by atoms with Gasteiger partial charge in [-0.3, -0.25) is 0 Å². The largest absolute Gasteiger partial charge is 0.495 e. The first-order chi connectivity index (χ1) is 8.78. The minimum absolute atomic E-state index is 0.654. The van der Waals surface area contributed by atoms with Crippen LogP contribution in [-0.4, -0.2) is 25.2 Å². The molecule has 1 unspecified atom stereocenters. The van der Waals surface area contributed by atoms with Gasteiger partial charge >= 0.3 is 0 Å². The quantitative estimate of drug-likeness (QED) is 0.894. The van der Waals surface area contributed by atoms with Crippen molar-refractivity contribution in [2.45, 2.75) is 12.8 Å². The number of aromatic amines is 1. The van der Waals surface area contributed by atoms with E-state index >= 15 is 0 Å². The van der Waals surface area contributed by atoms with Gasteiger partial charge in [0.15, 0.2) is 0 Å². The van der Waals surface area contributed by atoms with Crippen LogP contribution in [0.5, 0.6) is 5.75 Å². The first-order valence-electron chi connectivity index (χ1n) is 6.32. The summed E-state index contributed by atoms with van der Waals surface area (Å²) in [6.07, 6.45) is 4.47. The number of benzene rings is 1. The lowest BCUT2D eigenvalue weighted by Gasteiger charge is -2.08. The summed E-state index contributed by atoms with van der Waals surface area (Å²) in [5, 5.41) is 5.29. The number of hydrogen-bond donors (Lipinski definition) is 2. The second kappa shape index (κ2) is 4.82. The summed E-state index contributed by atoms with van der Waals surface area (Å²) in [6.45, 7) is 2.26. The number of rotatable bonds is 3. The molecule has 1 aromatic carbocycles. The van der Waals surface area contributed by atoms with Gasteiger partial charge in [-0.2, -0.15) is 0 Å². The number of methoxy groups -OCH3 is 1. The fourth-order valence-corrected chi connectivity index (χ4v) is 2.95. The van der Waals surface area contributed by atoms with Crippen molar-refractivity contribution in [3.63, 3.8) is 0 Å². The van der Waals surface area contributed by atoms with Crippen LogP contribution in [0.15, 0.2) is 18.3 Å². The summed E-state index contributed by atoms with van der Waals surface area (Å²) in [5.41, 5.74) is 2.44. The molecular formula is C14H17ClN2O. The number of halogens is 1. The number of H-pyrrole nitrogens is 1. The van der Waals surface area contributed by atoms with Crippen LogP contribution >= 0.6 is 11.6 Å². The maximum absolute atomic E-state index is 6.13. The highest BCUT2D eigenvalue weighted by molar-refractivity contribution is 6.32. The molecule has 1 aliphatic rings. The Morgan fingerprint density at radius 3 is 3.06 bits per heavy atom. The summed E-state index contributed by atoms with van der Waals surface area (Å²) >= 11 is 6.13. The number of aromatic nitrogens is 1. The standard InChI is InChI=1S/C14H17ClN2O/c1-18-14-5-11-10(4-9-2-3-16-7-9)8-17-13(11)6-12(14)15/h5-6,8-9,16-17H,2-4,7H2,1H3. The normalized spacial score (nSPS) is 19.6. The van der Waals surface area contributed by atoms with E-state index in [2.05, 4.69) is 16.5 Å². The van der Waals surface area contributed by atoms with E-state index in [1.165, 1.54) is 17.4 Å². The Bertz CT molecular complexity index is 558. The van der Waals surface area contributed by atoms with Crippen LogP contribution in [0.1, 0.15) is 12.0 Å². The molecule has 2 heterocycles. The van der Waals surface area contributed by atoms with E-state index in [9.17, 15) is 0 Å². The third kappa shape index (κ3) is 2.08. The molecule has 18 heavy (non-hydrogen) atoms. The van der Waals surface area contributed by atoms with E-state index in [0.717, 1.165) is 36.7 Å². The molecule has 0 radical (unpaired) electrons. The molecule has 0 saturated carbocycles. The van der Waals surface area contributed by atoms with Gasteiger partial charge in [0.25, 0.3) is 0 Å². The van der Waals surface area contributed by atoms with Crippen LogP contribution in [0, 0.1) is 5.92 Å². The highest BCUT2D eigenvalue weighted by Crippen LogP contribution is 2.32. The molecule has 1 aliphatic heterocycles. The molecular weight excluding hydrogens is 248 g/mol. The maximum atomic E-state index is 6.13. The molecule has 3 rings (SSSR count). The molecule has 2 aromatic rings. The fraction of sp³-hybridized carbons (Fsp3) is 0.429. The Hall–Kier alpha value is -1.19. The van der Waals surface area contributed by atoms with Crippen LogP contribution in [0.4, 0.5) is 0 Å². The monoisotopic (exact) mass is 264 g/mol. The minimum atomic E-state index is 0.654.